The van der Waals surface area contributed by atoms with Crippen molar-refractivity contribution in [1.82, 2.24) is 5.32 Å². The van der Waals surface area contributed by atoms with Crippen LogP contribution in [0, 0.1) is 5.92 Å². The first kappa shape index (κ1) is 11.0. The maximum atomic E-state index is 11.9. The second kappa shape index (κ2) is 5.54. The second-order valence-corrected chi connectivity index (χ2v) is 5.60. The molecule has 1 unspecified atom stereocenters. The van der Waals surface area contributed by atoms with Crippen LogP contribution in [0.2, 0.25) is 0 Å². The lowest BCUT2D eigenvalue weighted by molar-refractivity contribution is 0.569. The van der Waals surface area contributed by atoms with E-state index in [0.717, 1.165) is 18.8 Å². The van der Waals surface area contributed by atoms with E-state index in [9.17, 15) is 4.55 Å². The van der Waals surface area contributed by atoms with E-state index < -0.39 is 11.2 Å². The van der Waals surface area contributed by atoms with Gasteiger partial charge in [0.2, 0.25) is 0 Å². The molecule has 2 rings (SSSR count). The number of hydrogen-bond donors (Lipinski definition) is 1. The standard InChI is InChI=1S/C12H17NOS/c14-15(10-12-6-7-13-8-12)9-11-4-2-1-3-5-11/h1-5,12-13H,6-10H2/t12-,15?/m1/s1. The molecule has 2 atom stereocenters. The fourth-order valence-electron chi connectivity index (χ4n) is 1.94. The van der Waals surface area contributed by atoms with Gasteiger partial charge in [-0.25, -0.2) is 0 Å². The number of hydrogen-bond acceptors (Lipinski definition) is 2. The molecular formula is C12H17NOS. The second-order valence-electron chi connectivity index (χ2n) is 4.10. The lowest BCUT2D eigenvalue weighted by Crippen LogP contribution is -2.20. The Kier molecular flexibility index (Phi) is 4.06. The smallest absolute Gasteiger partial charge is 0.130 e. The molecule has 0 saturated carbocycles. The van der Waals surface area contributed by atoms with Crippen LogP contribution in [0.3, 0.4) is 0 Å². The zero-order valence-corrected chi connectivity index (χ0v) is 9.63. The average molecular weight is 223 g/mol. The van der Waals surface area contributed by atoms with E-state index in [2.05, 4.69) is 5.32 Å². The van der Waals surface area contributed by atoms with Crippen LogP contribution in [0.5, 0.6) is 0 Å². The molecule has 1 aromatic rings. The highest BCUT2D eigenvalue weighted by Gasteiger charge is 2.20. The third-order valence-corrected chi connectivity index (χ3v) is 4.25. The normalized spacial score (nSPS) is 22.9. The summed E-state index contributed by atoms with van der Waals surface area (Å²) in [5, 5.41) is 3.31. The molecule has 2 nitrogen and oxygen atoms in total. The number of benzene rings is 1. The molecule has 1 aromatic carbocycles. The van der Waals surface area contributed by atoms with Crippen molar-refractivity contribution in [3.05, 3.63) is 35.9 Å². The highest BCUT2D eigenvalue weighted by molar-refractivity contribution is 7.90. The first-order valence-corrected chi connectivity index (χ1v) is 6.93. The van der Waals surface area contributed by atoms with E-state index in [1.807, 2.05) is 30.3 Å². The van der Waals surface area contributed by atoms with E-state index >= 15 is 0 Å². The summed E-state index contributed by atoms with van der Waals surface area (Å²) in [6, 6.07) is 10.1. The first-order chi connectivity index (χ1) is 7.34. The average Bonchev–Trinajstić information content (AvgIpc) is 2.71. The summed E-state index contributed by atoms with van der Waals surface area (Å²) in [4.78, 5) is 0. The number of rotatable bonds is 4. The van der Waals surface area contributed by atoms with E-state index in [1.165, 1.54) is 12.0 Å². The van der Waals surface area contributed by atoms with E-state index in [4.69, 9.17) is 0 Å². The molecule has 1 heterocycles. The van der Waals surface area contributed by atoms with Crippen LogP contribution in [0.25, 0.3) is 0 Å². The van der Waals surface area contributed by atoms with Crippen molar-refractivity contribution in [1.29, 1.82) is 0 Å². The minimum absolute atomic E-state index is 0.620. The first-order valence-electron chi connectivity index (χ1n) is 5.44. The summed E-state index contributed by atoms with van der Waals surface area (Å²) < 4.78 is 11.9. The molecule has 1 aliphatic heterocycles. The summed E-state index contributed by atoms with van der Waals surface area (Å²) in [5.41, 5.74) is 1.18. The van der Waals surface area contributed by atoms with Crippen molar-refractivity contribution in [3.8, 4) is 0 Å². The van der Waals surface area contributed by atoms with Gasteiger partial charge in [-0.05, 0) is 24.1 Å². The third kappa shape index (κ3) is 3.52. The molecular weight excluding hydrogens is 206 g/mol. The molecule has 1 N–H and O–H groups in total. The van der Waals surface area contributed by atoms with E-state index in [1.54, 1.807) is 0 Å². The van der Waals surface area contributed by atoms with Gasteiger partial charge in [0.15, 0.2) is 0 Å². The Morgan fingerprint density at radius 1 is 1.33 bits per heavy atom. The lowest BCUT2D eigenvalue weighted by Gasteiger charge is -2.14. The Morgan fingerprint density at radius 2 is 2.13 bits per heavy atom. The summed E-state index contributed by atoms with van der Waals surface area (Å²) in [5.74, 6) is 2.17. The Labute approximate surface area is 94.3 Å². The minimum atomic E-state index is -0.701. The summed E-state index contributed by atoms with van der Waals surface area (Å²) in [7, 11) is 0. The van der Waals surface area contributed by atoms with Crippen molar-refractivity contribution in [3.63, 3.8) is 0 Å². The van der Waals surface area contributed by atoms with Gasteiger partial charge >= 0.3 is 0 Å². The molecule has 0 amide bonds. The molecule has 0 aromatic heterocycles. The Bertz CT molecular complexity index is 285. The predicted octanol–water partition coefficient (Wildman–Crippen LogP) is 1.54. The lowest BCUT2D eigenvalue weighted by atomic mass is 10.2. The van der Waals surface area contributed by atoms with Crippen molar-refractivity contribution >= 4 is 11.2 Å². The minimum Gasteiger partial charge on any atom is -0.616 e. The summed E-state index contributed by atoms with van der Waals surface area (Å²) >= 11 is -0.701. The van der Waals surface area contributed by atoms with E-state index in [0.29, 0.717) is 11.7 Å². The van der Waals surface area contributed by atoms with Crippen LogP contribution >= 0.6 is 0 Å². The molecule has 0 radical (unpaired) electrons. The largest absolute Gasteiger partial charge is 0.616 e. The Balaban J connectivity index is 1.79. The zero-order valence-electron chi connectivity index (χ0n) is 8.82. The van der Waals surface area contributed by atoms with E-state index in [-0.39, 0.29) is 0 Å². The molecule has 3 heteroatoms. The van der Waals surface area contributed by atoms with Gasteiger partial charge in [-0.2, -0.15) is 0 Å². The molecule has 1 saturated heterocycles. The van der Waals surface area contributed by atoms with Crippen molar-refractivity contribution in [2.24, 2.45) is 5.92 Å². The molecule has 0 aliphatic carbocycles. The molecule has 1 aliphatic rings. The maximum absolute atomic E-state index is 11.9. The third-order valence-electron chi connectivity index (χ3n) is 2.75. The van der Waals surface area contributed by atoms with Crippen molar-refractivity contribution in [2.75, 3.05) is 18.8 Å². The maximum Gasteiger partial charge on any atom is 0.130 e. The monoisotopic (exact) mass is 223 g/mol. The topological polar surface area (TPSA) is 35.1 Å². The van der Waals surface area contributed by atoms with Gasteiger partial charge < -0.3 is 9.87 Å². The van der Waals surface area contributed by atoms with Crippen molar-refractivity contribution in [2.45, 2.75) is 12.2 Å². The number of nitrogens with one attached hydrogen (secondary N) is 1. The van der Waals surface area contributed by atoms with Gasteiger partial charge in [0, 0.05) is 18.0 Å². The van der Waals surface area contributed by atoms with Crippen LogP contribution in [0.15, 0.2) is 30.3 Å². The Hall–Kier alpha value is -0.510. The fourth-order valence-corrected chi connectivity index (χ4v) is 3.43. The van der Waals surface area contributed by atoms with Gasteiger partial charge in [-0.3, -0.25) is 0 Å². The highest BCUT2D eigenvalue weighted by Crippen LogP contribution is 2.14. The van der Waals surface area contributed by atoms with Crippen LogP contribution < -0.4 is 5.32 Å². The molecule has 0 spiro atoms. The zero-order chi connectivity index (χ0) is 10.5. The SMILES string of the molecule is [O-][S+](Cc1ccccc1)C[C@@H]1CCNC1. The predicted molar refractivity (Wildman–Crippen MR) is 64.1 cm³/mol. The van der Waals surface area contributed by atoms with Gasteiger partial charge in [-0.15, -0.1) is 0 Å². The van der Waals surface area contributed by atoms with Crippen LogP contribution in [-0.2, 0) is 16.9 Å². The van der Waals surface area contributed by atoms with Crippen molar-refractivity contribution < 1.29 is 4.55 Å². The summed E-state index contributed by atoms with van der Waals surface area (Å²) in [6.07, 6.45) is 1.18. The molecule has 15 heavy (non-hydrogen) atoms. The van der Waals surface area contributed by atoms with Gasteiger partial charge in [0.25, 0.3) is 0 Å². The fraction of sp³-hybridized carbons (Fsp3) is 0.500. The highest BCUT2D eigenvalue weighted by atomic mass is 32.2. The van der Waals surface area contributed by atoms with Gasteiger partial charge in [0.1, 0.15) is 11.5 Å². The van der Waals surface area contributed by atoms with Crippen LogP contribution in [0.1, 0.15) is 12.0 Å². The van der Waals surface area contributed by atoms with Gasteiger partial charge in [-0.1, -0.05) is 30.3 Å². The molecule has 82 valence electrons. The van der Waals surface area contributed by atoms with Crippen LogP contribution in [-0.4, -0.2) is 23.4 Å². The quantitative estimate of drug-likeness (QED) is 0.786. The summed E-state index contributed by atoms with van der Waals surface area (Å²) in [6.45, 7) is 2.13. The van der Waals surface area contributed by atoms with Gasteiger partial charge in [0.05, 0.1) is 0 Å². The van der Waals surface area contributed by atoms with Crippen LogP contribution in [0.4, 0.5) is 0 Å². The molecule has 0 bridgehead atoms. The molecule has 1 fully saturated rings. The Morgan fingerprint density at radius 3 is 2.80 bits per heavy atom.